The smallest absolute Gasteiger partial charge is 0.0718 e. The van der Waals surface area contributed by atoms with Crippen molar-refractivity contribution < 1.29 is 0 Å². The number of fused-ring (bicyclic) bond motifs is 1. The zero-order valence-electron chi connectivity index (χ0n) is 7.21. The summed E-state index contributed by atoms with van der Waals surface area (Å²) >= 11 is 6.02. The molecule has 0 radical (unpaired) electrons. The number of halogens is 1. The van der Waals surface area contributed by atoms with Crippen LogP contribution in [-0.2, 0) is 0 Å². The van der Waals surface area contributed by atoms with Crippen molar-refractivity contribution in [2.24, 2.45) is 0 Å². The Labute approximate surface area is 81.6 Å². The van der Waals surface area contributed by atoms with Crippen LogP contribution in [0.3, 0.4) is 0 Å². The van der Waals surface area contributed by atoms with Crippen molar-refractivity contribution in [1.82, 2.24) is 4.98 Å². The Balaban J connectivity index is 2.74. The minimum absolute atomic E-state index is 0.738. The predicted molar refractivity (Wildman–Crippen MR) is 56.3 cm³/mol. The lowest BCUT2D eigenvalue weighted by atomic mass is 10.2. The van der Waals surface area contributed by atoms with Gasteiger partial charge < -0.3 is 5.32 Å². The molecule has 0 amide bonds. The highest BCUT2D eigenvalue weighted by molar-refractivity contribution is 6.35. The summed E-state index contributed by atoms with van der Waals surface area (Å²) in [6.45, 7) is 0. The molecule has 0 aliphatic carbocycles. The van der Waals surface area contributed by atoms with Crippen LogP contribution in [0.25, 0.3) is 10.9 Å². The van der Waals surface area contributed by atoms with Crippen LogP contribution in [0, 0.1) is 0 Å². The highest BCUT2D eigenvalue weighted by Gasteiger charge is 1.99. The maximum atomic E-state index is 6.02. The van der Waals surface area contributed by atoms with Gasteiger partial charge >= 0.3 is 0 Å². The predicted octanol–water partition coefficient (Wildman–Crippen LogP) is 2.93. The second-order valence-electron chi connectivity index (χ2n) is 2.77. The van der Waals surface area contributed by atoms with Crippen molar-refractivity contribution in [3.63, 3.8) is 0 Å². The van der Waals surface area contributed by atoms with E-state index in [1.54, 1.807) is 12.3 Å². The zero-order valence-corrected chi connectivity index (χ0v) is 7.97. The summed E-state index contributed by atoms with van der Waals surface area (Å²) in [5.74, 6) is 0. The van der Waals surface area contributed by atoms with Gasteiger partial charge in [-0.15, -0.1) is 0 Å². The third-order valence-corrected chi connectivity index (χ3v) is 2.31. The van der Waals surface area contributed by atoms with Crippen LogP contribution in [0.15, 0.2) is 30.5 Å². The van der Waals surface area contributed by atoms with Crippen molar-refractivity contribution in [2.75, 3.05) is 12.4 Å². The third kappa shape index (κ3) is 1.45. The SMILES string of the molecule is CNc1ccc2nccc(Cl)c2c1. The van der Waals surface area contributed by atoms with E-state index in [9.17, 15) is 0 Å². The van der Waals surface area contributed by atoms with E-state index in [0.29, 0.717) is 0 Å². The molecule has 0 atom stereocenters. The number of rotatable bonds is 1. The average Bonchev–Trinajstić information content (AvgIpc) is 2.18. The Morgan fingerprint density at radius 3 is 2.92 bits per heavy atom. The van der Waals surface area contributed by atoms with Crippen LogP contribution in [-0.4, -0.2) is 12.0 Å². The number of benzene rings is 1. The van der Waals surface area contributed by atoms with Gasteiger partial charge in [0.25, 0.3) is 0 Å². The molecule has 1 heterocycles. The van der Waals surface area contributed by atoms with Crippen molar-refractivity contribution in [3.05, 3.63) is 35.5 Å². The standard InChI is InChI=1S/C10H9ClN2/c1-12-7-2-3-10-8(6-7)9(11)4-5-13-10/h2-6,12H,1H3. The maximum absolute atomic E-state index is 6.02. The Hall–Kier alpha value is -1.28. The molecule has 1 N–H and O–H groups in total. The molecule has 1 aromatic carbocycles. The normalized spacial score (nSPS) is 10.3. The molecular weight excluding hydrogens is 184 g/mol. The maximum Gasteiger partial charge on any atom is 0.0718 e. The van der Waals surface area contributed by atoms with Crippen molar-refractivity contribution in [1.29, 1.82) is 0 Å². The van der Waals surface area contributed by atoms with Crippen molar-refractivity contribution in [2.45, 2.75) is 0 Å². The first-order chi connectivity index (χ1) is 6.31. The minimum Gasteiger partial charge on any atom is -0.388 e. The van der Waals surface area contributed by atoms with Gasteiger partial charge in [0.15, 0.2) is 0 Å². The number of anilines is 1. The highest BCUT2D eigenvalue weighted by atomic mass is 35.5. The Morgan fingerprint density at radius 1 is 1.31 bits per heavy atom. The Morgan fingerprint density at radius 2 is 2.15 bits per heavy atom. The topological polar surface area (TPSA) is 24.9 Å². The van der Waals surface area contributed by atoms with E-state index in [1.165, 1.54) is 0 Å². The summed E-state index contributed by atoms with van der Waals surface area (Å²) in [6.07, 6.45) is 1.71. The first-order valence-electron chi connectivity index (χ1n) is 4.03. The lowest BCUT2D eigenvalue weighted by molar-refractivity contribution is 1.41. The molecule has 0 bridgehead atoms. The fourth-order valence-electron chi connectivity index (χ4n) is 1.27. The largest absolute Gasteiger partial charge is 0.388 e. The second-order valence-corrected chi connectivity index (χ2v) is 3.18. The summed E-state index contributed by atoms with van der Waals surface area (Å²) in [7, 11) is 1.88. The molecular formula is C10H9ClN2. The molecule has 13 heavy (non-hydrogen) atoms. The number of hydrogen-bond acceptors (Lipinski definition) is 2. The van der Waals surface area contributed by atoms with Crippen LogP contribution in [0.1, 0.15) is 0 Å². The molecule has 0 saturated heterocycles. The van der Waals surface area contributed by atoms with Crippen LogP contribution < -0.4 is 5.32 Å². The fourth-order valence-corrected chi connectivity index (χ4v) is 1.48. The van der Waals surface area contributed by atoms with Gasteiger partial charge in [0.2, 0.25) is 0 Å². The van der Waals surface area contributed by atoms with Gasteiger partial charge in [-0.1, -0.05) is 11.6 Å². The third-order valence-electron chi connectivity index (χ3n) is 1.98. The van der Waals surface area contributed by atoms with Crippen molar-refractivity contribution >= 4 is 28.2 Å². The summed E-state index contributed by atoms with van der Waals surface area (Å²) in [5, 5.41) is 4.78. The van der Waals surface area contributed by atoms with Crippen LogP contribution in [0.4, 0.5) is 5.69 Å². The number of nitrogens with zero attached hydrogens (tertiary/aromatic N) is 1. The van der Waals surface area contributed by atoms with Gasteiger partial charge in [-0.05, 0) is 24.3 Å². The van der Waals surface area contributed by atoms with Crippen LogP contribution >= 0.6 is 11.6 Å². The van der Waals surface area contributed by atoms with Crippen LogP contribution in [0.2, 0.25) is 5.02 Å². The van der Waals surface area contributed by atoms with E-state index in [-0.39, 0.29) is 0 Å². The lowest BCUT2D eigenvalue weighted by Gasteiger charge is -2.02. The first-order valence-corrected chi connectivity index (χ1v) is 4.41. The van der Waals surface area contributed by atoms with E-state index in [1.807, 2.05) is 25.2 Å². The summed E-state index contributed by atoms with van der Waals surface area (Å²) in [4.78, 5) is 4.21. The molecule has 2 nitrogen and oxygen atoms in total. The van der Waals surface area contributed by atoms with E-state index < -0.39 is 0 Å². The number of aromatic nitrogens is 1. The average molecular weight is 193 g/mol. The zero-order chi connectivity index (χ0) is 9.26. The Kier molecular flexibility index (Phi) is 2.07. The monoisotopic (exact) mass is 192 g/mol. The molecule has 0 spiro atoms. The van der Waals surface area contributed by atoms with E-state index in [4.69, 9.17) is 11.6 Å². The van der Waals surface area contributed by atoms with Gasteiger partial charge in [-0.3, -0.25) is 4.98 Å². The highest BCUT2D eigenvalue weighted by Crippen LogP contribution is 2.24. The molecule has 3 heteroatoms. The Bertz CT molecular complexity index is 440. The molecule has 2 rings (SSSR count). The van der Waals surface area contributed by atoms with Crippen LogP contribution in [0.5, 0.6) is 0 Å². The van der Waals surface area contributed by atoms with Gasteiger partial charge in [-0.2, -0.15) is 0 Å². The second kappa shape index (κ2) is 3.23. The molecule has 0 aliphatic rings. The number of nitrogens with one attached hydrogen (secondary N) is 1. The number of pyridine rings is 1. The first kappa shape index (κ1) is 8.32. The molecule has 0 fully saturated rings. The van der Waals surface area contributed by atoms with E-state index in [2.05, 4.69) is 10.3 Å². The van der Waals surface area contributed by atoms with Gasteiger partial charge in [-0.25, -0.2) is 0 Å². The quantitative estimate of drug-likeness (QED) is 0.752. The minimum atomic E-state index is 0.738. The molecule has 0 saturated carbocycles. The molecule has 66 valence electrons. The van der Waals surface area contributed by atoms with Crippen molar-refractivity contribution in [3.8, 4) is 0 Å². The summed E-state index contributed by atoms with van der Waals surface area (Å²) in [5.41, 5.74) is 1.97. The van der Waals surface area contributed by atoms with E-state index >= 15 is 0 Å². The fraction of sp³-hybridized carbons (Fsp3) is 0.100. The number of hydrogen-bond donors (Lipinski definition) is 1. The summed E-state index contributed by atoms with van der Waals surface area (Å²) < 4.78 is 0. The summed E-state index contributed by atoms with van der Waals surface area (Å²) in [6, 6.07) is 7.71. The lowest BCUT2D eigenvalue weighted by Crippen LogP contribution is -1.88. The molecule has 2 aromatic rings. The molecule has 0 aliphatic heterocycles. The van der Waals surface area contributed by atoms with Gasteiger partial charge in [0.05, 0.1) is 10.5 Å². The van der Waals surface area contributed by atoms with Gasteiger partial charge in [0.1, 0.15) is 0 Å². The molecule has 0 unspecified atom stereocenters. The van der Waals surface area contributed by atoms with Gasteiger partial charge in [0, 0.05) is 24.3 Å². The van der Waals surface area contributed by atoms with E-state index in [0.717, 1.165) is 21.6 Å². The molecule has 1 aromatic heterocycles.